The molecule has 0 aliphatic heterocycles. The van der Waals surface area contributed by atoms with E-state index < -0.39 is 0 Å². The summed E-state index contributed by atoms with van der Waals surface area (Å²) < 4.78 is 2.25. The van der Waals surface area contributed by atoms with E-state index in [1.165, 1.54) is 16.5 Å². The normalized spacial score (nSPS) is 9.65. The number of rotatable bonds is 2. The molecule has 0 radical (unpaired) electrons. The predicted octanol–water partition coefficient (Wildman–Crippen LogP) is 3.76. The first kappa shape index (κ1) is 14.1. The molecule has 0 saturated heterocycles. The van der Waals surface area contributed by atoms with E-state index >= 15 is 0 Å². The van der Waals surface area contributed by atoms with Crippen molar-refractivity contribution < 1.29 is 9.59 Å². The molecule has 100 valence electrons. The highest BCUT2D eigenvalue weighted by Gasteiger charge is 2.00. The first-order valence-corrected chi connectivity index (χ1v) is 6.40. The molecule has 20 heavy (non-hydrogen) atoms. The summed E-state index contributed by atoms with van der Waals surface area (Å²) in [6, 6.07) is 18.6. The van der Waals surface area contributed by atoms with Gasteiger partial charge in [0.25, 0.3) is 0 Å². The Hall–Kier alpha value is -2.35. The molecule has 3 nitrogen and oxygen atoms in total. The van der Waals surface area contributed by atoms with Gasteiger partial charge in [-0.25, -0.2) is 0 Å². The molecule has 0 saturated carbocycles. The van der Waals surface area contributed by atoms with Crippen molar-refractivity contribution in [1.82, 2.24) is 4.57 Å². The lowest BCUT2D eigenvalue weighted by atomic mass is 10.2. The van der Waals surface area contributed by atoms with Crippen molar-refractivity contribution in [2.24, 2.45) is 0 Å². The molecule has 0 atom stereocenters. The van der Waals surface area contributed by atoms with Crippen LogP contribution in [-0.2, 0) is 16.1 Å². The largest absolute Gasteiger partial charge is 0.373 e. The number of para-hydroxylation sites is 1. The zero-order valence-corrected chi connectivity index (χ0v) is 11.4. The monoisotopic (exact) mass is 285 g/mol. The third kappa shape index (κ3) is 3.35. The minimum Gasteiger partial charge on any atom is -0.343 e. The summed E-state index contributed by atoms with van der Waals surface area (Å²) in [5.41, 5.74) is 2.53. The van der Waals surface area contributed by atoms with Crippen molar-refractivity contribution >= 4 is 28.7 Å². The Morgan fingerprint density at radius 1 is 0.950 bits per heavy atom. The Balaban J connectivity index is 0.000000452. The predicted molar refractivity (Wildman–Crippen MR) is 77.5 cm³/mol. The van der Waals surface area contributed by atoms with Gasteiger partial charge in [0.05, 0.1) is 0 Å². The average molecular weight is 286 g/mol. The highest BCUT2D eigenvalue weighted by atomic mass is 35.5. The Morgan fingerprint density at radius 2 is 1.60 bits per heavy atom. The summed E-state index contributed by atoms with van der Waals surface area (Å²) in [5.74, 6) is 0. The van der Waals surface area contributed by atoms with Crippen LogP contribution in [0.1, 0.15) is 5.56 Å². The number of hydrogen-bond acceptors (Lipinski definition) is 2. The fourth-order valence-corrected chi connectivity index (χ4v) is 2.19. The van der Waals surface area contributed by atoms with E-state index in [0.717, 1.165) is 11.6 Å². The van der Waals surface area contributed by atoms with Crippen LogP contribution in [0, 0.1) is 0 Å². The van der Waals surface area contributed by atoms with Gasteiger partial charge in [-0.2, -0.15) is 9.59 Å². The summed E-state index contributed by atoms with van der Waals surface area (Å²) in [6.45, 7) is 0.880. The van der Waals surface area contributed by atoms with E-state index in [1.54, 1.807) is 0 Å². The smallest absolute Gasteiger partial charge is 0.343 e. The van der Waals surface area contributed by atoms with Crippen LogP contribution in [0.3, 0.4) is 0 Å². The van der Waals surface area contributed by atoms with Crippen molar-refractivity contribution in [3.05, 3.63) is 71.4 Å². The fourth-order valence-electron chi connectivity index (χ4n) is 2.06. The minimum absolute atomic E-state index is 0.250. The summed E-state index contributed by atoms with van der Waals surface area (Å²) in [6.07, 6.45) is 2.37. The molecule has 3 rings (SSSR count). The maximum absolute atomic E-state index is 8.12. The van der Waals surface area contributed by atoms with Crippen LogP contribution in [0.2, 0.25) is 5.02 Å². The van der Waals surface area contributed by atoms with Crippen LogP contribution >= 0.6 is 11.6 Å². The zero-order valence-electron chi connectivity index (χ0n) is 10.6. The molecule has 4 heteroatoms. The quantitative estimate of drug-likeness (QED) is 0.719. The van der Waals surface area contributed by atoms with Crippen LogP contribution in [0.4, 0.5) is 0 Å². The van der Waals surface area contributed by atoms with Crippen molar-refractivity contribution in [1.29, 1.82) is 0 Å². The van der Waals surface area contributed by atoms with Crippen molar-refractivity contribution in [2.75, 3.05) is 0 Å². The van der Waals surface area contributed by atoms with Gasteiger partial charge in [0.15, 0.2) is 0 Å². The van der Waals surface area contributed by atoms with E-state index in [0.29, 0.717) is 0 Å². The molecule has 0 unspecified atom stereocenters. The number of carbonyl (C=O) groups excluding carboxylic acids is 2. The summed E-state index contributed by atoms with van der Waals surface area (Å²) >= 11 is 5.88. The lowest BCUT2D eigenvalue weighted by Gasteiger charge is -2.05. The molecule has 0 aliphatic rings. The molecule has 0 N–H and O–H groups in total. The summed E-state index contributed by atoms with van der Waals surface area (Å²) in [5, 5.41) is 2.06. The molecule has 0 fully saturated rings. The average Bonchev–Trinajstić information content (AvgIpc) is 2.86. The molecular weight excluding hydrogens is 274 g/mol. The van der Waals surface area contributed by atoms with Crippen molar-refractivity contribution in [2.45, 2.75) is 6.54 Å². The molecule has 0 aliphatic carbocycles. The second-order valence-corrected chi connectivity index (χ2v) is 4.65. The van der Waals surface area contributed by atoms with Crippen molar-refractivity contribution in [3.8, 4) is 0 Å². The summed E-state index contributed by atoms with van der Waals surface area (Å²) in [4.78, 5) is 16.2. The number of halogens is 1. The van der Waals surface area contributed by atoms with E-state index in [2.05, 4.69) is 53.2 Å². The first-order chi connectivity index (χ1) is 9.74. The Labute approximate surface area is 121 Å². The number of aromatic nitrogens is 1. The highest BCUT2D eigenvalue weighted by Crippen LogP contribution is 2.17. The van der Waals surface area contributed by atoms with Crippen LogP contribution < -0.4 is 0 Å². The topological polar surface area (TPSA) is 39.1 Å². The number of hydrogen-bond donors (Lipinski definition) is 0. The minimum atomic E-state index is 0.250. The molecule has 2 aromatic carbocycles. The Morgan fingerprint density at radius 3 is 2.30 bits per heavy atom. The molecule has 3 aromatic rings. The van der Waals surface area contributed by atoms with Gasteiger partial charge in [-0.05, 0) is 35.2 Å². The van der Waals surface area contributed by atoms with Crippen LogP contribution in [0.5, 0.6) is 0 Å². The van der Waals surface area contributed by atoms with Crippen LogP contribution in [0.15, 0.2) is 60.8 Å². The maximum atomic E-state index is 8.12. The van der Waals surface area contributed by atoms with E-state index in [1.807, 2.05) is 12.1 Å². The first-order valence-electron chi connectivity index (χ1n) is 6.02. The SMILES string of the molecule is Clc1ccc(Cn2ccc3ccccc32)cc1.O=C=O. The Bertz CT molecular complexity index is 726. The molecule has 0 bridgehead atoms. The molecule has 1 aromatic heterocycles. The second kappa shape index (κ2) is 6.71. The molecule has 0 amide bonds. The fraction of sp³-hybridized carbons (Fsp3) is 0.0625. The van der Waals surface area contributed by atoms with Gasteiger partial charge in [-0.15, -0.1) is 0 Å². The van der Waals surface area contributed by atoms with E-state index in [9.17, 15) is 0 Å². The van der Waals surface area contributed by atoms with Crippen LogP contribution in [0.25, 0.3) is 10.9 Å². The molecule has 0 spiro atoms. The molecule has 1 heterocycles. The lowest BCUT2D eigenvalue weighted by Crippen LogP contribution is -1.97. The van der Waals surface area contributed by atoms with Gasteiger partial charge >= 0.3 is 6.15 Å². The maximum Gasteiger partial charge on any atom is 0.373 e. The number of benzene rings is 2. The van der Waals surface area contributed by atoms with Gasteiger partial charge in [0, 0.05) is 23.3 Å². The van der Waals surface area contributed by atoms with Crippen LogP contribution in [-0.4, -0.2) is 10.7 Å². The zero-order chi connectivity index (χ0) is 14.4. The van der Waals surface area contributed by atoms with Gasteiger partial charge in [-0.1, -0.05) is 41.9 Å². The third-order valence-electron chi connectivity index (χ3n) is 2.95. The van der Waals surface area contributed by atoms with Gasteiger partial charge in [0.2, 0.25) is 0 Å². The van der Waals surface area contributed by atoms with Crippen molar-refractivity contribution in [3.63, 3.8) is 0 Å². The highest BCUT2D eigenvalue weighted by molar-refractivity contribution is 6.30. The van der Waals surface area contributed by atoms with Gasteiger partial charge in [-0.3, -0.25) is 0 Å². The van der Waals surface area contributed by atoms with Gasteiger partial charge in [0.1, 0.15) is 0 Å². The van der Waals surface area contributed by atoms with Gasteiger partial charge < -0.3 is 4.57 Å². The van der Waals surface area contributed by atoms with E-state index in [-0.39, 0.29) is 6.15 Å². The third-order valence-corrected chi connectivity index (χ3v) is 3.20. The second-order valence-electron chi connectivity index (χ2n) is 4.21. The van der Waals surface area contributed by atoms with E-state index in [4.69, 9.17) is 21.2 Å². The Kier molecular flexibility index (Phi) is 4.72. The molecular formula is C16H12ClNO2. The lowest BCUT2D eigenvalue weighted by molar-refractivity contribution is -0.191. The standard InChI is InChI=1S/C15H12ClN.CO2/c16-14-7-5-12(6-8-14)11-17-10-9-13-3-1-2-4-15(13)17;2-1-3/h1-10H,11H2;. The summed E-state index contributed by atoms with van der Waals surface area (Å²) in [7, 11) is 0. The number of nitrogens with zero attached hydrogens (tertiary/aromatic N) is 1. The number of fused-ring (bicyclic) bond motifs is 1.